The van der Waals surface area contributed by atoms with Crippen molar-refractivity contribution in [2.75, 3.05) is 19.7 Å². The number of aromatic nitrogens is 1. The van der Waals surface area contributed by atoms with Crippen LogP contribution in [0.1, 0.15) is 48.0 Å². The van der Waals surface area contributed by atoms with Gasteiger partial charge in [0, 0.05) is 31.0 Å². The summed E-state index contributed by atoms with van der Waals surface area (Å²) < 4.78 is 18.4. The molecule has 6 heteroatoms. The molecule has 0 spiro atoms. The number of carbonyl (C=O) groups excluding carboxylic acids is 1. The normalized spacial score (nSPS) is 20.3. The van der Waals surface area contributed by atoms with Gasteiger partial charge < -0.3 is 14.5 Å². The minimum Gasteiger partial charge on any atom is -0.396 e. The summed E-state index contributed by atoms with van der Waals surface area (Å²) in [5.41, 5.74) is 0.868. The van der Waals surface area contributed by atoms with E-state index in [0.717, 1.165) is 31.2 Å². The fourth-order valence-corrected chi connectivity index (χ4v) is 3.69. The molecule has 1 fully saturated rings. The molecule has 1 amide bonds. The van der Waals surface area contributed by atoms with E-state index in [4.69, 9.17) is 4.52 Å². The van der Waals surface area contributed by atoms with Gasteiger partial charge >= 0.3 is 0 Å². The molecule has 2 heterocycles. The van der Waals surface area contributed by atoms with Gasteiger partial charge in [-0.1, -0.05) is 24.2 Å². The predicted octanol–water partition coefficient (Wildman–Crippen LogP) is 3.22. The number of amides is 1. The summed E-state index contributed by atoms with van der Waals surface area (Å²) in [6.07, 6.45) is 3.93. The maximum absolute atomic E-state index is 13.1. The molecular weight excluding hydrogens is 335 g/mol. The zero-order valence-corrected chi connectivity index (χ0v) is 15.1. The summed E-state index contributed by atoms with van der Waals surface area (Å²) >= 11 is 0. The molecule has 1 atom stereocenters. The van der Waals surface area contributed by atoms with Crippen LogP contribution in [0.3, 0.4) is 0 Å². The molecule has 1 saturated heterocycles. The third-order valence-electron chi connectivity index (χ3n) is 5.05. The van der Waals surface area contributed by atoms with E-state index in [1.807, 2.05) is 6.92 Å². The Labute approximate surface area is 152 Å². The molecule has 1 aromatic carbocycles. The van der Waals surface area contributed by atoms with Gasteiger partial charge in [0.25, 0.3) is 5.91 Å². The fourth-order valence-electron chi connectivity index (χ4n) is 3.69. The molecule has 1 aromatic heterocycles. The highest BCUT2D eigenvalue weighted by atomic mass is 19.1. The van der Waals surface area contributed by atoms with Crippen LogP contribution in [-0.2, 0) is 12.8 Å². The van der Waals surface area contributed by atoms with Crippen molar-refractivity contribution in [1.82, 2.24) is 10.1 Å². The van der Waals surface area contributed by atoms with Crippen LogP contribution in [0.5, 0.6) is 0 Å². The van der Waals surface area contributed by atoms with Crippen LogP contribution in [0.25, 0.3) is 0 Å². The Kier molecular flexibility index (Phi) is 5.71. The second-order valence-corrected chi connectivity index (χ2v) is 7.22. The first-order valence-corrected chi connectivity index (χ1v) is 9.15. The van der Waals surface area contributed by atoms with Crippen molar-refractivity contribution in [3.05, 3.63) is 53.2 Å². The number of aryl methyl sites for hydroxylation is 1. The van der Waals surface area contributed by atoms with Crippen molar-refractivity contribution in [2.45, 2.75) is 39.0 Å². The van der Waals surface area contributed by atoms with E-state index < -0.39 is 5.41 Å². The van der Waals surface area contributed by atoms with Gasteiger partial charge in [0.05, 0.1) is 6.61 Å². The predicted molar refractivity (Wildman–Crippen MR) is 95.3 cm³/mol. The van der Waals surface area contributed by atoms with Crippen LogP contribution < -0.4 is 0 Å². The summed E-state index contributed by atoms with van der Waals surface area (Å²) in [6, 6.07) is 8.04. The highest BCUT2D eigenvalue weighted by Gasteiger charge is 2.37. The maximum Gasteiger partial charge on any atom is 0.276 e. The van der Waals surface area contributed by atoms with E-state index in [-0.39, 0.29) is 18.3 Å². The van der Waals surface area contributed by atoms with Crippen LogP contribution in [0, 0.1) is 11.2 Å². The highest BCUT2D eigenvalue weighted by molar-refractivity contribution is 5.92. The smallest absolute Gasteiger partial charge is 0.276 e. The van der Waals surface area contributed by atoms with E-state index in [1.54, 1.807) is 23.1 Å². The van der Waals surface area contributed by atoms with Crippen molar-refractivity contribution < 1.29 is 18.8 Å². The van der Waals surface area contributed by atoms with Crippen LogP contribution in [0.4, 0.5) is 4.39 Å². The number of hydrogen-bond donors (Lipinski definition) is 1. The first-order valence-electron chi connectivity index (χ1n) is 9.15. The van der Waals surface area contributed by atoms with E-state index in [9.17, 15) is 14.3 Å². The number of rotatable bonds is 6. The highest BCUT2D eigenvalue weighted by Crippen LogP contribution is 2.34. The Morgan fingerprint density at radius 1 is 1.38 bits per heavy atom. The van der Waals surface area contributed by atoms with Crippen molar-refractivity contribution >= 4 is 5.91 Å². The number of piperidine rings is 1. The molecule has 1 aliphatic rings. The number of likely N-dealkylation sites (tertiary alicyclic amines) is 1. The molecule has 5 nitrogen and oxygen atoms in total. The lowest BCUT2D eigenvalue weighted by molar-refractivity contribution is 0.0265. The Morgan fingerprint density at radius 2 is 2.15 bits per heavy atom. The van der Waals surface area contributed by atoms with Gasteiger partial charge in [0.15, 0.2) is 5.69 Å². The number of halogens is 1. The summed E-state index contributed by atoms with van der Waals surface area (Å²) in [5, 5.41) is 14.0. The van der Waals surface area contributed by atoms with Crippen molar-refractivity contribution in [3.63, 3.8) is 0 Å². The molecule has 2 aromatic rings. The third kappa shape index (κ3) is 4.12. The zero-order chi connectivity index (χ0) is 18.6. The molecule has 1 aliphatic heterocycles. The lowest BCUT2D eigenvalue weighted by atomic mass is 9.75. The Balaban J connectivity index is 1.73. The third-order valence-corrected chi connectivity index (χ3v) is 5.05. The van der Waals surface area contributed by atoms with Crippen molar-refractivity contribution in [1.29, 1.82) is 0 Å². The van der Waals surface area contributed by atoms with Gasteiger partial charge in [-0.25, -0.2) is 4.39 Å². The molecule has 0 bridgehead atoms. The lowest BCUT2D eigenvalue weighted by Crippen LogP contribution is -2.49. The SMILES string of the molecule is CCCc1cc(C(=O)N2CCCC(CO)(Cc3ccc(F)cc3)C2)no1. The summed E-state index contributed by atoms with van der Waals surface area (Å²) in [5.74, 6) is 0.279. The monoisotopic (exact) mass is 360 g/mol. The molecular formula is C20H25FN2O3. The van der Waals surface area contributed by atoms with Crippen molar-refractivity contribution in [3.8, 4) is 0 Å². The van der Waals surface area contributed by atoms with Crippen LogP contribution in [-0.4, -0.2) is 40.8 Å². The fraction of sp³-hybridized carbons (Fsp3) is 0.500. The first kappa shape index (κ1) is 18.6. The molecule has 0 saturated carbocycles. The maximum atomic E-state index is 13.1. The molecule has 1 unspecified atom stereocenters. The number of hydrogen-bond acceptors (Lipinski definition) is 4. The molecule has 0 aliphatic carbocycles. The van der Waals surface area contributed by atoms with Gasteiger partial charge in [-0.15, -0.1) is 0 Å². The largest absolute Gasteiger partial charge is 0.396 e. The van der Waals surface area contributed by atoms with Gasteiger partial charge in [-0.2, -0.15) is 0 Å². The van der Waals surface area contributed by atoms with Gasteiger partial charge in [-0.3, -0.25) is 4.79 Å². The minimum atomic E-state index is -0.415. The van der Waals surface area contributed by atoms with Gasteiger partial charge in [0.1, 0.15) is 11.6 Å². The summed E-state index contributed by atoms with van der Waals surface area (Å²) in [7, 11) is 0. The average Bonchev–Trinajstić information content (AvgIpc) is 3.12. The molecule has 3 rings (SSSR count). The van der Waals surface area contributed by atoms with Crippen molar-refractivity contribution in [2.24, 2.45) is 5.41 Å². The minimum absolute atomic E-state index is 0.0198. The number of benzene rings is 1. The van der Waals surface area contributed by atoms with E-state index in [0.29, 0.717) is 31.0 Å². The molecule has 26 heavy (non-hydrogen) atoms. The standard InChI is InChI=1S/C20H25FN2O3/c1-2-4-17-11-18(22-26-17)19(25)23-10-3-9-20(13-23,14-24)12-15-5-7-16(21)8-6-15/h5-8,11,24H,2-4,9-10,12-14H2,1H3. The van der Waals surface area contributed by atoms with Gasteiger partial charge in [0.2, 0.25) is 0 Å². The quantitative estimate of drug-likeness (QED) is 0.859. The second-order valence-electron chi connectivity index (χ2n) is 7.22. The van der Waals surface area contributed by atoms with Gasteiger partial charge in [-0.05, 0) is 43.4 Å². The van der Waals surface area contributed by atoms with Crippen LogP contribution in [0.15, 0.2) is 34.9 Å². The first-order chi connectivity index (χ1) is 12.5. The summed E-state index contributed by atoms with van der Waals surface area (Å²) in [4.78, 5) is 14.5. The molecule has 0 radical (unpaired) electrons. The summed E-state index contributed by atoms with van der Waals surface area (Å²) in [6.45, 7) is 3.11. The molecule has 140 valence electrons. The lowest BCUT2D eigenvalue weighted by Gasteiger charge is -2.41. The second kappa shape index (κ2) is 7.99. The number of aliphatic hydroxyl groups excluding tert-OH is 1. The zero-order valence-electron chi connectivity index (χ0n) is 15.1. The Bertz CT molecular complexity index is 744. The van der Waals surface area contributed by atoms with E-state index >= 15 is 0 Å². The van der Waals surface area contributed by atoms with E-state index in [2.05, 4.69) is 5.16 Å². The van der Waals surface area contributed by atoms with Crippen LogP contribution in [0.2, 0.25) is 0 Å². The number of carbonyl (C=O) groups is 1. The van der Waals surface area contributed by atoms with E-state index in [1.165, 1.54) is 12.1 Å². The Morgan fingerprint density at radius 3 is 2.85 bits per heavy atom. The molecule has 1 N–H and O–H groups in total. The number of aliphatic hydroxyl groups is 1. The average molecular weight is 360 g/mol. The Hall–Kier alpha value is -2.21. The van der Waals surface area contributed by atoms with Crippen LogP contribution >= 0.6 is 0 Å². The number of nitrogens with zero attached hydrogens (tertiary/aromatic N) is 2. The topological polar surface area (TPSA) is 66.6 Å².